The first-order valence-electron chi connectivity index (χ1n) is 7.29. The first-order valence-corrected chi connectivity index (χ1v) is 7.29. The Kier molecular flexibility index (Phi) is 4.33. The molecule has 0 spiro atoms. The maximum Gasteiger partial charge on any atom is 0.294 e. The van der Waals surface area contributed by atoms with Crippen LogP contribution in [-0.2, 0) is 4.74 Å². The number of nitrogens with zero attached hydrogens (tertiary/aromatic N) is 2. The van der Waals surface area contributed by atoms with E-state index in [0.717, 1.165) is 12.8 Å². The van der Waals surface area contributed by atoms with Crippen molar-refractivity contribution in [1.29, 1.82) is 0 Å². The van der Waals surface area contributed by atoms with Crippen molar-refractivity contribution in [3.8, 4) is 17.3 Å². The summed E-state index contributed by atoms with van der Waals surface area (Å²) in [5, 5.41) is 12.4. The van der Waals surface area contributed by atoms with Crippen LogP contribution in [0.25, 0.3) is 11.5 Å². The molecule has 0 radical (unpaired) electrons. The van der Waals surface area contributed by atoms with Gasteiger partial charge in [0.2, 0.25) is 5.75 Å². The molecule has 2 aromatic heterocycles. The number of aromatic hydroxyl groups is 1. The Morgan fingerprint density at radius 2 is 2.35 bits per heavy atom. The predicted octanol–water partition coefficient (Wildman–Crippen LogP) is 0.446. The number of aromatic nitrogens is 3. The van der Waals surface area contributed by atoms with Gasteiger partial charge >= 0.3 is 0 Å². The Bertz CT molecular complexity index is 754. The van der Waals surface area contributed by atoms with Crippen LogP contribution in [0.5, 0.6) is 5.75 Å². The van der Waals surface area contributed by atoms with E-state index in [0.29, 0.717) is 18.8 Å². The molecule has 2 aromatic rings. The molecule has 1 aliphatic rings. The standard InChI is InChI=1S/C15H16N4O4/c20-12-11(14(21)17-8-9-4-3-7-23-9)18-13(19-15(12)22)10-5-1-2-6-16-10/h1-2,5-6,9,20H,3-4,7-8H2,(H,17,21)(H,18,19,22). The maximum absolute atomic E-state index is 12.2. The summed E-state index contributed by atoms with van der Waals surface area (Å²) in [6.45, 7) is 0.991. The third-order valence-electron chi connectivity index (χ3n) is 3.53. The monoisotopic (exact) mass is 316 g/mol. The summed E-state index contributed by atoms with van der Waals surface area (Å²) in [4.78, 5) is 34.5. The Morgan fingerprint density at radius 1 is 1.48 bits per heavy atom. The molecule has 0 saturated carbocycles. The lowest BCUT2D eigenvalue weighted by Crippen LogP contribution is -2.33. The Labute approximate surface area is 131 Å². The molecular formula is C15H16N4O4. The molecule has 0 bridgehead atoms. The van der Waals surface area contributed by atoms with Gasteiger partial charge in [0.05, 0.1) is 6.10 Å². The second kappa shape index (κ2) is 6.57. The largest absolute Gasteiger partial charge is 0.501 e. The zero-order valence-corrected chi connectivity index (χ0v) is 12.3. The highest BCUT2D eigenvalue weighted by atomic mass is 16.5. The Hall–Kier alpha value is -2.74. The highest BCUT2D eigenvalue weighted by Gasteiger charge is 2.21. The van der Waals surface area contributed by atoms with Gasteiger partial charge in [-0.2, -0.15) is 0 Å². The van der Waals surface area contributed by atoms with Gasteiger partial charge in [-0.1, -0.05) is 6.07 Å². The summed E-state index contributed by atoms with van der Waals surface area (Å²) in [6, 6.07) is 5.09. The number of hydrogen-bond donors (Lipinski definition) is 3. The van der Waals surface area contributed by atoms with Crippen LogP contribution in [0.4, 0.5) is 0 Å². The number of nitrogens with one attached hydrogen (secondary N) is 2. The van der Waals surface area contributed by atoms with E-state index in [2.05, 4.69) is 20.3 Å². The summed E-state index contributed by atoms with van der Waals surface area (Å²) >= 11 is 0. The number of amides is 1. The van der Waals surface area contributed by atoms with Gasteiger partial charge in [0, 0.05) is 19.3 Å². The second-order valence-electron chi connectivity index (χ2n) is 5.17. The summed E-state index contributed by atoms with van der Waals surface area (Å²) < 4.78 is 5.41. The molecule has 0 aromatic carbocycles. The molecule has 1 fully saturated rings. The van der Waals surface area contributed by atoms with E-state index in [4.69, 9.17) is 4.74 Å². The lowest BCUT2D eigenvalue weighted by atomic mass is 10.2. The van der Waals surface area contributed by atoms with Crippen LogP contribution in [0.1, 0.15) is 23.3 Å². The van der Waals surface area contributed by atoms with E-state index in [9.17, 15) is 14.7 Å². The van der Waals surface area contributed by atoms with Crippen molar-refractivity contribution in [1.82, 2.24) is 20.3 Å². The molecule has 1 atom stereocenters. The quantitative estimate of drug-likeness (QED) is 0.754. The highest BCUT2D eigenvalue weighted by Crippen LogP contribution is 2.15. The molecule has 23 heavy (non-hydrogen) atoms. The van der Waals surface area contributed by atoms with Crippen molar-refractivity contribution in [2.45, 2.75) is 18.9 Å². The summed E-state index contributed by atoms with van der Waals surface area (Å²) in [5.74, 6) is -1.22. The van der Waals surface area contributed by atoms with Gasteiger partial charge < -0.3 is 20.1 Å². The zero-order chi connectivity index (χ0) is 16.2. The second-order valence-corrected chi connectivity index (χ2v) is 5.17. The van der Waals surface area contributed by atoms with Crippen molar-refractivity contribution in [2.24, 2.45) is 0 Å². The van der Waals surface area contributed by atoms with Gasteiger partial charge in [0.15, 0.2) is 11.5 Å². The molecule has 1 aliphatic heterocycles. The first-order chi connectivity index (χ1) is 11.1. The number of rotatable bonds is 4. The van der Waals surface area contributed by atoms with E-state index in [1.165, 1.54) is 0 Å². The summed E-state index contributed by atoms with van der Waals surface area (Å²) in [6.07, 6.45) is 3.32. The van der Waals surface area contributed by atoms with Gasteiger partial charge in [-0.25, -0.2) is 4.98 Å². The van der Waals surface area contributed by atoms with Gasteiger partial charge in [-0.3, -0.25) is 14.6 Å². The Balaban J connectivity index is 1.84. The zero-order valence-electron chi connectivity index (χ0n) is 12.3. The number of H-pyrrole nitrogens is 1. The van der Waals surface area contributed by atoms with Crippen molar-refractivity contribution in [2.75, 3.05) is 13.2 Å². The van der Waals surface area contributed by atoms with Crippen molar-refractivity contribution >= 4 is 5.91 Å². The fraction of sp³-hybridized carbons (Fsp3) is 0.333. The lowest BCUT2D eigenvalue weighted by Gasteiger charge is -2.11. The van der Waals surface area contributed by atoms with Crippen molar-refractivity contribution in [3.63, 3.8) is 0 Å². The smallest absolute Gasteiger partial charge is 0.294 e. The number of carbonyl (C=O) groups is 1. The predicted molar refractivity (Wildman–Crippen MR) is 81.1 cm³/mol. The molecule has 8 heteroatoms. The topological polar surface area (TPSA) is 117 Å². The van der Waals surface area contributed by atoms with Crippen LogP contribution in [0.2, 0.25) is 0 Å². The number of pyridine rings is 1. The number of hydrogen-bond acceptors (Lipinski definition) is 6. The van der Waals surface area contributed by atoms with Crippen molar-refractivity contribution in [3.05, 3.63) is 40.4 Å². The van der Waals surface area contributed by atoms with Crippen LogP contribution in [-0.4, -0.2) is 45.2 Å². The third-order valence-corrected chi connectivity index (χ3v) is 3.53. The molecule has 3 N–H and O–H groups in total. The molecule has 8 nitrogen and oxygen atoms in total. The molecule has 3 heterocycles. The van der Waals surface area contributed by atoms with Crippen LogP contribution < -0.4 is 10.9 Å². The first kappa shape index (κ1) is 15.2. The summed E-state index contributed by atoms with van der Waals surface area (Å²) in [7, 11) is 0. The SMILES string of the molecule is O=C(NCC1CCCO1)c1nc(-c2ccccn2)[nH]c(=O)c1O. The summed E-state index contributed by atoms with van der Waals surface area (Å²) in [5.41, 5.74) is -0.715. The average Bonchev–Trinajstić information content (AvgIpc) is 3.09. The van der Waals surface area contributed by atoms with Crippen LogP contribution >= 0.6 is 0 Å². The minimum absolute atomic E-state index is 0.0432. The normalized spacial score (nSPS) is 17.1. The molecule has 3 rings (SSSR count). The molecule has 120 valence electrons. The van der Waals surface area contributed by atoms with Gasteiger partial charge in [-0.15, -0.1) is 0 Å². The van der Waals surface area contributed by atoms with E-state index < -0.39 is 17.2 Å². The van der Waals surface area contributed by atoms with E-state index in [1.807, 2.05) is 0 Å². The van der Waals surface area contributed by atoms with Crippen LogP contribution in [0.3, 0.4) is 0 Å². The number of ether oxygens (including phenoxy) is 1. The molecular weight excluding hydrogens is 300 g/mol. The lowest BCUT2D eigenvalue weighted by molar-refractivity contribution is 0.0851. The average molecular weight is 316 g/mol. The third kappa shape index (κ3) is 3.37. The van der Waals surface area contributed by atoms with Crippen LogP contribution in [0.15, 0.2) is 29.2 Å². The van der Waals surface area contributed by atoms with Gasteiger partial charge in [0.1, 0.15) is 5.69 Å². The molecule has 0 aliphatic carbocycles. The Morgan fingerprint density at radius 3 is 3.04 bits per heavy atom. The number of carbonyl (C=O) groups excluding carboxylic acids is 1. The fourth-order valence-corrected chi connectivity index (χ4v) is 2.35. The molecule has 1 amide bonds. The minimum Gasteiger partial charge on any atom is -0.501 e. The molecule has 1 unspecified atom stereocenters. The van der Waals surface area contributed by atoms with Gasteiger partial charge in [-0.05, 0) is 25.0 Å². The highest BCUT2D eigenvalue weighted by molar-refractivity contribution is 5.95. The van der Waals surface area contributed by atoms with E-state index >= 15 is 0 Å². The van der Waals surface area contributed by atoms with E-state index in [1.54, 1.807) is 24.4 Å². The fourth-order valence-electron chi connectivity index (χ4n) is 2.35. The minimum atomic E-state index is -0.789. The molecule has 1 saturated heterocycles. The van der Waals surface area contributed by atoms with Crippen molar-refractivity contribution < 1.29 is 14.6 Å². The van der Waals surface area contributed by atoms with E-state index in [-0.39, 0.29) is 17.6 Å². The van der Waals surface area contributed by atoms with Gasteiger partial charge in [0.25, 0.3) is 11.5 Å². The number of aromatic amines is 1. The van der Waals surface area contributed by atoms with Crippen LogP contribution in [0, 0.1) is 0 Å². The maximum atomic E-state index is 12.2.